The molecule has 1 saturated heterocycles. The van der Waals surface area contributed by atoms with Crippen LogP contribution in [0.2, 0.25) is 0 Å². The van der Waals surface area contributed by atoms with E-state index in [1.54, 1.807) is 6.20 Å². The normalized spacial score (nSPS) is 16.4. The SMILES string of the molecule is Cc1oncc1CN1CCN(C(=O)c2cccn2C)CC1. The minimum atomic E-state index is 0.114. The summed E-state index contributed by atoms with van der Waals surface area (Å²) < 4.78 is 6.95. The van der Waals surface area contributed by atoms with Gasteiger partial charge in [0.1, 0.15) is 11.5 Å². The monoisotopic (exact) mass is 288 g/mol. The van der Waals surface area contributed by atoms with Crippen molar-refractivity contribution in [3.8, 4) is 0 Å². The number of rotatable bonds is 3. The van der Waals surface area contributed by atoms with Gasteiger partial charge in [-0.15, -0.1) is 0 Å². The highest BCUT2D eigenvalue weighted by Crippen LogP contribution is 2.13. The maximum Gasteiger partial charge on any atom is 0.270 e. The summed E-state index contributed by atoms with van der Waals surface area (Å²) >= 11 is 0. The van der Waals surface area contributed by atoms with Crippen LogP contribution in [0.1, 0.15) is 21.8 Å². The quantitative estimate of drug-likeness (QED) is 0.854. The Morgan fingerprint density at radius 2 is 2.10 bits per heavy atom. The summed E-state index contributed by atoms with van der Waals surface area (Å²) in [6, 6.07) is 3.77. The van der Waals surface area contributed by atoms with Crippen LogP contribution in [-0.2, 0) is 13.6 Å². The average Bonchev–Trinajstić information content (AvgIpc) is 3.08. The molecule has 3 heterocycles. The van der Waals surface area contributed by atoms with Gasteiger partial charge in [-0.3, -0.25) is 9.69 Å². The summed E-state index contributed by atoms with van der Waals surface area (Å²) in [4.78, 5) is 16.7. The van der Waals surface area contributed by atoms with Gasteiger partial charge in [0.15, 0.2) is 0 Å². The predicted molar refractivity (Wildman–Crippen MR) is 77.8 cm³/mol. The minimum Gasteiger partial charge on any atom is -0.361 e. The van der Waals surface area contributed by atoms with Crippen molar-refractivity contribution in [3.63, 3.8) is 0 Å². The summed E-state index contributed by atoms with van der Waals surface area (Å²) in [5, 5.41) is 3.80. The third kappa shape index (κ3) is 2.85. The first-order chi connectivity index (χ1) is 10.1. The second-order valence-electron chi connectivity index (χ2n) is 5.48. The first kappa shape index (κ1) is 13.9. The van der Waals surface area contributed by atoms with Gasteiger partial charge in [0.2, 0.25) is 0 Å². The second-order valence-corrected chi connectivity index (χ2v) is 5.48. The Hall–Kier alpha value is -2.08. The number of aromatic nitrogens is 2. The Morgan fingerprint density at radius 3 is 2.67 bits per heavy atom. The van der Waals surface area contributed by atoms with Crippen LogP contribution in [0.15, 0.2) is 29.0 Å². The maximum atomic E-state index is 12.4. The molecule has 6 heteroatoms. The van der Waals surface area contributed by atoms with E-state index >= 15 is 0 Å². The number of carbonyl (C=O) groups is 1. The Labute approximate surface area is 123 Å². The molecule has 0 atom stereocenters. The van der Waals surface area contributed by atoms with Crippen LogP contribution in [0.25, 0.3) is 0 Å². The highest BCUT2D eigenvalue weighted by molar-refractivity contribution is 5.92. The molecular weight excluding hydrogens is 268 g/mol. The molecule has 1 aliphatic rings. The van der Waals surface area contributed by atoms with Crippen molar-refractivity contribution in [2.75, 3.05) is 26.2 Å². The predicted octanol–water partition coefficient (Wildman–Crippen LogP) is 1.28. The van der Waals surface area contributed by atoms with Gasteiger partial charge in [-0.2, -0.15) is 0 Å². The lowest BCUT2D eigenvalue weighted by molar-refractivity contribution is 0.0618. The van der Waals surface area contributed by atoms with Crippen molar-refractivity contribution in [2.24, 2.45) is 7.05 Å². The summed E-state index contributed by atoms with van der Waals surface area (Å²) in [6.45, 7) is 6.03. The van der Waals surface area contributed by atoms with E-state index in [1.807, 2.05) is 41.8 Å². The van der Waals surface area contributed by atoms with Crippen molar-refractivity contribution in [1.82, 2.24) is 19.5 Å². The second kappa shape index (κ2) is 5.73. The molecule has 0 aromatic carbocycles. The summed E-state index contributed by atoms with van der Waals surface area (Å²) in [7, 11) is 1.90. The third-order valence-corrected chi connectivity index (χ3v) is 4.07. The number of amides is 1. The lowest BCUT2D eigenvalue weighted by atomic mass is 10.2. The van der Waals surface area contributed by atoms with Crippen LogP contribution >= 0.6 is 0 Å². The molecule has 0 saturated carbocycles. The van der Waals surface area contributed by atoms with E-state index in [9.17, 15) is 4.79 Å². The van der Waals surface area contributed by atoms with E-state index in [-0.39, 0.29) is 5.91 Å². The molecule has 2 aromatic rings. The average molecular weight is 288 g/mol. The number of piperazine rings is 1. The highest BCUT2D eigenvalue weighted by Gasteiger charge is 2.23. The van der Waals surface area contributed by atoms with Crippen LogP contribution in [0.4, 0.5) is 0 Å². The Balaban J connectivity index is 1.57. The zero-order valence-electron chi connectivity index (χ0n) is 12.5. The lowest BCUT2D eigenvalue weighted by Crippen LogP contribution is -2.48. The van der Waals surface area contributed by atoms with Crippen molar-refractivity contribution in [3.05, 3.63) is 41.5 Å². The van der Waals surface area contributed by atoms with E-state index in [4.69, 9.17) is 4.52 Å². The first-order valence-corrected chi connectivity index (χ1v) is 7.18. The number of carbonyl (C=O) groups excluding carboxylic acids is 1. The third-order valence-electron chi connectivity index (χ3n) is 4.07. The van der Waals surface area contributed by atoms with E-state index in [0.29, 0.717) is 0 Å². The largest absolute Gasteiger partial charge is 0.361 e. The number of hydrogen-bond donors (Lipinski definition) is 0. The van der Waals surface area contributed by atoms with Crippen LogP contribution in [0, 0.1) is 6.92 Å². The van der Waals surface area contributed by atoms with Gasteiger partial charge in [-0.05, 0) is 19.1 Å². The topological polar surface area (TPSA) is 54.5 Å². The molecule has 1 fully saturated rings. The standard InChI is InChI=1S/C15H20N4O2/c1-12-13(10-16-21-12)11-18-6-8-19(9-7-18)15(20)14-4-3-5-17(14)2/h3-5,10H,6-9,11H2,1-2H3. The van der Waals surface area contributed by atoms with Gasteiger partial charge in [0.25, 0.3) is 5.91 Å². The summed E-state index contributed by atoms with van der Waals surface area (Å²) in [5.41, 5.74) is 1.87. The van der Waals surface area contributed by atoms with E-state index < -0.39 is 0 Å². The molecule has 21 heavy (non-hydrogen) atoms. The number of aryl methyl sites for hydroxylation is 2. The smallest absolute Gasteiger partial charge is 0.270 e. The Bertz CT molecular complexity index is 623. The van der Waals surface area contributed by atoms with Crippen molar-refractivity contribution < 1.29 is 9.32 Å². The van der Waals surface area contributed by atoms with Gasteiger partial charge in [0.05, 0.1) is 6.20 Å². The molecule has 6 nitrogen and oxygen atoms in total. The molecule has 0 N–H and O–H groups in total. The highest BCUT2D eigenvalue weighted by atomic mass is 16.5. The lowest BCUT2D eigenvalue weighted by Gasteiger charge is -2.34. The fourth-order valence-electron chi connectivity index (χ4n) is 2.67. The van der Waals surface area contributed by atoms with Gasteiger partial charge >= 0.3 is 0 Å². The van der Waals surface area contributed by atoms with E-state index in [2.05, 4.69) is 10.1 Å². The molecule has 0 aliphatic carbocycles. The fourth-order valence-corrected chi connectivity index (χ4v) is 2.67. The zero-order valence-corrected chi connectivity index (χ0v) is 12.5. The van der Waals surface area contributed by atoms with Crippen molar-refractivity contribution in [2.45, 2.75) is 13.5 Å². The van der Waals surface area contributed by atoms with Gasteiger partial charge in [0, 0.05) is 51.5 Å². The fraction of sp³-hybridized carbons (Fsp3) is 0.467. The molecule has 0 radical (unpaired) electrons. The summed E-state index contributed by atoms with van der Waals surface area (Å²) in [6.07, 6.45) is 3.68. The number of nitrogens with zero attached hydrogens (tertiary/aromatic N) is 4. The Morgan fingerprint density at radius 1 is 1.33 bits per heavy atom. The zero-order chi connectivity index (χ0) is 14.8. The Kier molecular flexibility index (Phi) is 3.79. The molecular formula is C15H20N4O2. The molecule has 112 valence electrons. The molecule has 3 rings (SSSR count). The molecule has 0 spiro atoms. The van der Waals surface area contributed by atoms with Gasteiger partial charge < -0.3 is 14.0 Å². The molecule has 1 aliphatic heterocycles. The molecule has 2 aromatic heterocycles. The van der Waals surface area contributed by atoms with Crippen molar-refractivity contribution in [1.29, 1.82) is 0 Å². The number of hydrogen-bond acceptors (Lipinski definition) is 4. The van der Waals surface area contributed by atoms with Crippen LogP contribution in [0.3, 0.4) is 0 Å². The van der Waals surface area contributed by atoms with Crippen LogP contribution < -0.4 is 0 Å². The maximum absolute atomic E-state index is 12.4. The van der Waals surface area contributed by atoms with Crippen LogP contribution in [0.5, 0.6) is 0 Å². The molecule has 0 bridgehead atoms. The van der Waals surface area contributed by atoms with Gasteiger partial charge in [-0.25, -0.2) is 0 Å². The molecule has 0 unspecified atom stereocenters. The molecule has 1 amide bonds. The minimum absolute atomic E-state index is 0.114. The summed E-state index contributed by atoms with van der Waals surface area (Å²) in [5.74, 6) is 0.987. The first-order valence-electron chi connectivity index (χ1n) is 7.18. The van der Waals surface area contributed by atoms with Crippen molar-refractivity contribution >= 4 is 5.91 Å². The van der Waals surface area contributed by atoms with E-state index in [0.717, 1.165) is 49.7 Å². The van der Waals surface area contributed by atoms with E-state index in [1.165, 1.54) is 0 Å². The van der Waals surface area contributed by atoms with Crippen LogP contribution in [-0.4, -0.2) is 51.6 Å². The van der Waals surface area contributed by atoms with Gasteiger partial charge in [-0.1, -0.05) is 5.16 Å².